The zero-order valence-electron chi connectivity index (χ0n) is 17.0. The highest BCUT2D eigenvalue weighted by Crippen LogP contribution is 2.25. The van der Waals surface area contributed by atoms with Crippen LogP contribution in [0.25, 0.3) is 0 Å². The maximum atomic E-state index is 5.94. The third-order valence-corrected chi connectivity index (χ3v) is 4.70. The molecule has 0 atom stereocenters. The molecule has 0 saturated carbocycles. The first kappa shape index (κ1) is 21.1. The van der Waals surface area contributed by atoms with Gasteiger partial charge in [-0.3, -0.25) is 0 Å². The minimum Gasteiger partial charge on any atom is -0.493 e. The Balaban J connectivity index is 1.64. The third-order valence-electron chi connectivity index (χ3n) is 4.70. The molecular weight excluding hydrogens is 332 g/mol. The van der Waals surface area contributed by atoms with Crippen LogP contribution in [0, 0.1) is 6.92 Å². The topological polar surface area (TPSA) is 34.0 Å². The summed E-state index contributed by atoms with van der Waals surface area (Å²) in [4.78, 5) is 0. The summed E-state index contributed by atoms with van der Waals surface area (Å²) in [6, 6.07) is 15.8. The van der Waals surface area contributed by atoms with Gasteiger partial charge in [0.25, 0.3) is 0 Å². The molecule has 2 aromatic rings. The minimum atomic E-state index is 0.793. The average molecular weight is 367 g/mol. The molecule has 0 saturated heterocycles. The highest BCUT2D eigenvalue weighted by atomic mass is 16.5. The number of rotatable bonds is 13. The molecule has 27 heavy (non-hydrogen) atoms. The molecule has 0 aromatic heterocycles. The SMILES string of the molecule is CCCCCCCCCCCOc1ccc(/N=N/c2ccccc2)cc1C. The molecule has 0 fully saturated rings. The van der Waals surface area contributed by atoms with Gasteiger partial charge in [0.05, 0.1) is 18.0 Å². The fraction of sp³-hybridized carbons (Fsp3) is 0.500. The van der Waals surface area contributed by atoms with E-state index in [-0.39, 0.29) is 0 Å². The molecule has 0 bridgehead atoms. The molecule has 2 aromatic carbocycles. The lowest BCUT2D eigenvalue weighted by atomic mass is 10.1. The molecule has 0 N–H and O–H groups in total. The van der Waals surface area contributed by atoms with E-state index in [4.69, 9.17) is 4.74 Å². The van der Waals surface area contributed by atoms with Gasteiger partial charge in [0.2, 0.25) is 0 Å². The highest BCUT2D eigenvalue weighted by molar-refractivity contribution is 5.47. The number of nitrogens with zero attached hydrogens (tertiary/aromatic N) is 2. The second-order valence-corrected chi connectivity index (χ2v) is 7.16. The van der Waals surface area contributed by atoms with Crippen molar-refractivity contribution in [2.45, 2.75) is 71.6 Å². The van der Waals surface area contributed by atoms with Crippen molar-refractivity contribution in [1.82, 2.24) is 0 Å². The molecule has 0 aliphatic heterocycles. The van der Waals surface area contributed by atoms with E-state index in [1.807, 2.05) is 48.5 Å². The van der Waals surface area contributed by atoms with Crippen molar-refractivity contribution >= 4 is 11.4 Å². The van der Waals surface area contributed by atoms with E-state index in [1.165, 1.54) is 51.4 Å². The Hall–Kier alpha value is -2.16. The van der Waals surface area contributed by atoms with Gasteiger partial charge in [0.15, 0.2) is 0 Å². The monoisotopic (exact) mass is 366 g/mol. The lowest BCUT2D eigenvalue weighted by Gasteiger charge is -2.09. The van der Waals surface area contributed by atoms with Crippen LogP contribution in [0.3, 0.4) is 0 Å². The van der Waals surface area contributed by atoms with Gasteiger partial charge in [-0.15, -0.1) is 0 Å². The molecule has 3 nitrogen and oxygen atoms in total. The fourth-order valence-electron chi connectivity index (χ4n) is 3.06. The summed E-state index contributed by atoms with van der Waals surface area (Å²) >= 11 is 0. The average Bonchev–Trinajstić information content (AvgIpc) is 2.70. The van der Waals surface area contributed by atoms with Crippen LogP contribution in [0.2, 0.25) is 0 Å². The molecule has 0 aliphatic rings. The molecule has 146 valence electrons. The fourth-order valence-corrected chi connectivity index (χ4v) is 3.06. The van der Waals surface area contributed by atoms with Gasteiger partial charge >= 0.3 is 0 Å². The number of aryl methyl sites for hydroxylation is 1. The predicted molar refractivity (Wildman–Crippen MR) is 115 cm³/mol. The van der Waals surface area contributed by atoms with Crippen LogP contribution < -0.4 is 4.74 Å². The summed E-state index contributed by atoms with van der Waals surface area (Å²) in [5.41, 5.74) is 2.82. The van der Waals surface area contributed by atoms with Crippen LogP contribution in [0.5, 0.6) is 5.75 Å². The summed E-state index contributed by atoms with van der Waals surface area (Å²) in [5, 5.41) is 8.56. The first-order chi connectivity index (χ1) is 13.3. The molecule has 0 radical (unpaired) electrons. The second-order valence-electron chi connectivity index (χ2n) is 7.16. The van der Waals surface area contributed by atoms with Crippen LogP contribution in [-0.4, -0.2) is 6.61 Å². The maximum absolute atomic E-state index is 5.94. The van der Waals surface area contributed by atoms with Gasteiger partial charge in [0.1, 0.15) is 5.75 Å². The number of hydrogen-bond donors (Lipinski definition) is 0. The van der Waals surface area contributed by atoms with E-state index in [9.17, 15) is 0 Å². The largest absolute Gasteiger partial charge is 0.493 e. The Bertz CT molecular complexity index is 667. The van der Waals surface area contributed by atoms with Gasteiger partial charge in [-0.2, -0.15) is 10.2 Å². The van der Waals surface area contributed by atoms with Crippen molar-refractivity contribution in [1.29, 1.82) is 0 Å². The lowest BCUT2D eigenvalue weighted by Crippen LogP contribution is -1.98. The van der Waals surface area contributed by atoms with Crippen LogP contribution in [0.4, 0.5) is 11.4 Å². The van der Waals surface area contributed by atoms with Gasteiger partial charge in [0, 0.05) is 0 Å². The number of ether oxygens (including phenoxy) is 1. The molecule has 0 amide bonds. The molecule has 0 unspecified atom stereocenters. The quantitative estimate of drug-likeness (QED) is 0.259. The maximum Gasteiger partial charge on any atom is 0.122 e. The zero-order chi connectivity index (χ0) is 19.2. The lowest BCUT2D eigenvalue weighted by molar-refractivity contribution is 0.302. The first-order valence-corrected chi connectivity index (χ1v) is 10.5. The Kier molecular flexibility index (Phi) is 10.2. The third kappa shape index (κ3) is 8.85. The molecule has 0 aliphatic carbocycles. The van der Waals surface area contributed by atoms with Gasteiger partial charge in [-0.05, 0) is 49.2 Å². The molecule has 3 heteroatoms. The van der Waals surface area contributed by atoms with Crippen molar-refractivity contribution in [3.8, 4) is 5.75 Å². The summed E-state index contributed by atoms with van der Waals surface area (Å²) < 4.78 is 5.94. The van der Waals surface area contributed by atoms with Crippen molar-refractivity contribution in [2.75, 3.05) is 6.61 Å². The van der Waals surface area contributed by atoms with Crippen LogP contribution >= 0.6 is 0 Å². The zero-order valence-corrected chi connectivity index (χ0v) is 17.0. The number of benzene rings is 2. The van der Waals surface area contributed by atoms with Crippen molar-refractivity contribution in [3.05, 3.63) is 54.1 Å². The molecular formula is C24H34N2O. The highest BCUT2D eigenvalue weighted by Gasteiger charge is 2.01. The van der Waals surface area contributed by atoms with Crippen molar-refractivity contribution in [3.63, 3.8) is 0 Å². The van der Waals surface area contributed by atoms with Gasteiger partial charge < -0.3 is 4.74 Å². The summed E-state index contributed by atoms with van der Waals surface area (Å²) in [7, 11) is 0. The summed E-state index contributed by atoms with van der Waals surface area (Å²) in [6.07, 6.45) is 12.0. The predicted octanol–water partition coefficient (Wildman–Crippen LogP) is 8.32. The Morgan fingerprint density at radius 1 is 0.704 bits per heavy atom. The van der Waals surface area contributed by atoms with E-state index in [2.05, 4.69) is 24.1 Å². The summed E-state index contributed by atoms with van der Waals surface area (Å²) in [5.74, 6) is 0.952. The van der Waals surface area contributed by atoms with Gasteiger partial charge in [-0.1, -0.05) is 76.5 Å². The second kappa shape index (κ2) is 13.1. The van der Waals surface area contributed by atoms with Crippen LogP contribution in [0.1, 0.15) is 70.3 Å². The Labute approximate surface area is 164 Å². The molecule has 0 spiro atoms. The number of hydrogen-bond acceptors (Lipinski definition) is 3. The summed E-state index contributed by atoms with van der Waals surface area (Å²) in [6.45, 7) is 5.12. The van der Waals surface area contributed by atoms with E-state index in [0.717, 1.165) is 35.7 Å². The molecule has 0 heterocycles. The van der Waals surface area contributed by atoms with Crippen LogP contribution in [-0.2, 0) is 0 Å². The smallest absolute Gasteiger partial charge is 0.122 e. The minimum absolute atomic E-state index is 0.793. The van der Waals surface area contributed by atoms with E-state index in [0.29, 0.717) is 0 Å². The normalized spacial score (nSPS) is 11.2. The van der Waals surface area contributed by atoms with Gasteiger partial charge in [-0.25, -0.2) is 0 Å². The standard InChI is InChI=1S/C24H34N2O/c1-3-4-5-6-7-8-9-10-14-19-27-24-18-17-23(20-21(24)2)26-25-22-15-12-11-13-16-22/h11-13,15-18,20H,3-10,14,19H2,1-2H3/b26-25+. The molecule has 2 rings (SSSR count). The first-order valence-electron chi connectivity index (χ1n) is 10.5. The van der Waals surface area contributed by atoms with E-state index >= 15 is 0 Å². The van der Waals surface area contributed by atoms with E-state index in [1.54, 1.807) is 0 Å². The van der Waals surface area contributed by atoms with Crippen molar-refractivity contribution in [2.24, 2.45) is 10.2 Å². The van der Waals surface area contributed by atoms with E-state index < -0.39 is 0 Å². The number of azo groups is 1. The Morgan fingerprint density at radius 2 is 1.33 bits per heavy atom. The Morgan fingerprint density at radius 3 is 2.00 bits per heavy atom. The van der Waals surface area contributed by atoms with Crippen molar-refractivity contribution < 1.29 is 4.74 Å². The van der Waals surface area contributed by atoms with Crippen LogP contribution in [0.15, 0.2) is 58.8 Å². The number of unbranched alkanes of at least 4 members (excludes halogenated alkanes) is 8.